The second-order valence-electron chi connectivity index (χ2n) is 5.90. The maximum Gasteiger partial charge on any atom is 0.252 e. The second-order valence-corrected chi connectivity index (χ2v) is 6.74. The van der Waals surface area contributed by atoms with Gasteiger partial charge in [0, 0.05) is 30.3 Å². The van der Waals surface area contributed by atoms with Gasteiger partial charge in [0.2, 0.25) is 0 Å². The van der Waals surface area contributed by atoms with Crippen molar-refractivity contribution >= 4 is 34.8 Å². The molecule has 0 bridgehead atoms. The Kier molecular flexibility index (Phi) is 6.19. The number of carbonyl (C=O) groups excluding carboxylic acids is 1. The summed E-state index contributed by atoms with van der Waals surface area (Å²) in [6, 6.07) is 13.3. The first-order valence-electron chi connectivity index (χ1n) is 8.28. The van der Waals surface area contributed by atoms with Gasteiger partial charge in [-0.2, -0.15) is 0 Å². The first-order chi connectivity index (χ1) is 12.1. The summed E-state index contributed by atoms with van der Waals surface area (Å²) >= 11 is 11.9. The van der Waals surface area contributed by atoms with Crippen molar-refractivity contribution in [2.75, 3.05) is 37.7 Å². The van der Waals surface area contributed by atoms with E-state index in [0.29, 0.717) is 22.2 Å². The molecular weight excluding hydrogens is 359 g/mol. The number of halogens is 2. The minimum absolute atomic E-state index is 0.188. The number of amides is 1. The fourth-order valence-corrected chi connectivity index (χ4v) is 3.28. The molecule has 25 heavy (non-hydrogen) atoms. The van der Waals surface area contributed by atoms with Crippen LogP contribution in [0.3, 0.4) is 0 Å². The van der Waals surface area contributed by atoms with Gasteiger partial charge in [-0.25, -0.2) is 0 Å². The molecule has 4 nitrogen and oxygen atoms in total. The Morgan fingerprint density at radius 2 is 1.80 bits per heavy atom. The van der Waals surface area contributed by atoms with E-state index in [0.717, 1.165) is 32.7 Å². The number of hydrogen-bond acceptors (Lipinski definition) is 3. The summed E-state index contributed by atoms with van der Waals surface area (Å²) in [5, 5.41) is 3.77. The van der Waals surface area contributed by atoms with E-state index in [1.807, 2.05) is 0 Å². The van der Waals surface area contributed by atoms with Crippen LogP contribution in [-0.2, 0) is 11.2 Å². The monoisotopic (exact) mass is 378 g/mol. The van der Waals surface area contributed by atoms with Crippen LogP contribution in [0.15, 0.2) is 42.5 Å². The van der Waals surface area contributed by atoms with Crippen molar-refractivity contribution in [3.05, 3.63) is 63.6 Å². The Morgan fingerprint density at radius 1 is 1.08 bits per heavy atom. The van der Waals surface area contributed by atoms with Crippen LogP contribution in [0.2, 0.25) is 10.0 Å². The van der Waals surface area contributed by atoms with E-state index in [1.54, 1.807) is 18.2 Å². The third-order valence-electron chi connectivity index (χ3n) is 4.19. The molecule has 0 atom stereocenters. The number of nitrogens with zero attached hydrogens (tertiary/aromatic N) is 1. The second kappa shape index (κ2) is 8.56. The minimum Gasteiger partial charge on any atom is -0.378 e. The van der Waals surface area contributed by atoms with E-state index < -0.39 is 0 Å². The van der Waals surface area contributed by atoms with Crippen LogP contribution >= 0.6 is 23.2 Å². The largest absolute Gasteiger partial charge is 0.378 e. The first kappa shape index (κ1) is 18.1. The van der Waals surface area contributed by atoms with Crippen LogP contribution in [0.1, 0.15) is 15.9 Å². The summed E-state index contributed by atoms with van der Waals surface area (Å²) < 4.78 is 5.37. The molecule has 1 aliphatic heterocycles. The van der Waals surface area contributed by atoms with Crippen molar-refractivity contribution in [1.29, 1.82) is 0 Å². The quantitative estimate of drug-likeness (QED) is 0.859. The molecule has 1 saturated heterocycles. The van der Waals surface area contributed by atoms with Crippen molar-refractivity contribution < 1.29 is 9.53 Å². The molecular formula is C19H20Cl2N2O2. The third kappa shape index (κ3) is 4.88. The normalized spacial score (nSPS) is 14.4. The van der Waals surface area contributed by atoms with Gasteiger partial charge in [-0.15, -0.1) is 0 Å². The number of hydrogen-bond donors (Lipinski definition) is 1. The molecule has 0 radical (unpaired) electrons. The zero-order valence-electron chi connectivity index (χ0n) is 13.8. The molecule has 1 aliphatic rings. The van der Waals surface area contributed by atoms with Crippen LogP contribution in [0.4, 0.5) is 5.69 Å². The molecule has 132 valence electrons. The predicted octanol–water partition coefficient (Wildman–Crippen LogP) is 3.80. The molecule has 2 aromatic carbocycles. The summed E-state index contributed by atoms with van der Waals surface area (Å²) in [7, 11) is 0. The molecule has 1 N–H and O–H groups in total. The summed E-state index contributed by atoms with van der Waals surface area (Å²) in [4.78, 5) is 14.5. The fraction of sp³-hybridized carbons (Fsp3) is 0.316. The van der Waals surface area contributed by atoms with E-state index >= 15 is 0 Å². The van der Waals surface area contributed by atoms with Gasteiger partial charge in [0.15, 0.2) is 0 Å². The number of morpholine rings is 1. The molecule has 1 fully saturated rings. The summed E-state index contributed by atoms with van der Waals surface area (Å²) in [6.07, 6.45) is 0.764. The third-order valence-corrected chi connectivity index (χ3v) is 4.74. The molecule has 3 rings (SSSR count). The number of anilines is 1. The SMILES string of the molecule is O=C(NCCc1ccc(N2CCOCC2)cc1)c1ccc(Cl)cc1Cl. The number of carbonyl (C=O) groups is 1. The van der Waals surface area contributed by atoms with Gasteiger partial charge in [0.05, 0.1) is 23.8 Å². The van der Waals surface area contributed by atoms with E-state index in [9.17, 15) is 4.79 Å². The van der Waals surface area contributed by atoms with Crippen LogP contribution in [0.5, 0.6) is 0 Å². The number of ether oxygens (including phenoxy) is 1. The van der Waals surface area contributed by atoms with Gasteiger partial charge in [-0.05, 0) is 42.3 Å². The molecule has 1 heterocycles. The average molecular weight is 379 g/mol. The van der Waals surface area contributed by atoms with Gasteiger partial charge >= 0.3 is 0 Å². The lowest BCUT2D eigenvalue weighted by Gasteiger charge is -2.28. The number of rotatable bonds is 5. The lowest BCUT2D eigenvalue weighted by Crippen LogP contribution is -2.36. The Hall–Kier alpha value is -1.75. The van der Waals surface area contributed by atoms with Crippen LogP contribution in [0, 0.1) is 0 Å². The smallest absolute Gasteiger partial charge is 0.252 e. The summed E-state index contributed by atoms with van der Waals surface area (Å²) in [5.74, 6) is -0.188. The number of nitrogens with one attached hydrogen (secondary N) is 1. The van der Waals surface area contributed by atoms with Crippen molar-refractivity contribution in [3.8, 4) is 0 Å². The van der Waals surface area contributed by atoms with Gasteiger partial charge < -0.3 is 15.0 Å². The van der Waals surface area contributed by atoms with Gasteiger partial charge in [0.1, 0.15) is 0 Å². The topological polar surface area (TPSA) is 41.6 Å². The minimum atomic E-state index is -0.188. The predicted molar refractivity (Wildman–Crippen MR) is 102 cm³/mol. The molecule has 1 amide bonds. The van der Waals surface area contributed by atoms with Gasteiger partial charge in [0.25, 0.3) is 5.91 Å². The fourth-order valence-electron chi connectivity index (χ4n) is 2.78. The van der Waals surface area contributed by atoms with Crippen LogP contribution in [0.25, 0.3) is 0 Å². The van der Waals surface area contributed by atoms with Crippen molar-refractivity contribution in [2.24, 2.45) is 0 Å². The Balaban J connectivity index is 1.50. The standard InChI is InChI=1S/C19H20Cl2N2O2/c20-15-3-6-17(18(21)13-15)19(24)22-8-7-14-1-4-16(5-2-14)23-9-11-25-12-10-23/h1-6,13H,7-12H2,(H,22,24). The van der Waals surface area contributed by atoms with E-state index in [1.165, 1.54) is 11.3 Å². The Morgan fingerprint density at radius 3 is 2.48 bits per heavy atom. The van der Waals surface area contributed by atoms with E-state index in [2.05, 4.69) is 34.5 Å². The summed E-state index contributed by atoms with van der Waals surface area (Å²) in [6.45, 7) is 3.96. The molecule has 0 aromatic heterocycles. The number of benzene rings is 2. The molecule has 0 spiro atoms. The lowest BCUT2D eigenvalue weighted by atomic mass is 10.1. The molecule has 2 aromatic rings. The highest BCUT2D eigenvalue weighted by Gasteiger charge is 2.12. The molecule has 0 saturated carbocycles. The first-order valence-corrected chi connectivity index (χ1v) is 9.04. The molecule has 0 aliphatic carbocycles. The zero-order valence-corrected chi connectivity index (χ0v) is 15.3. The Bertz CT molecular complexity index is 729. The van der Waals surface area contributed by atoms with Gasteiger partial charge in [-0.3, -0.25) is 4.79 Å². The highest BCUT2D eigenvalue weighted by atomic mass is 35.5. The van der Waals surface area contributed by atoms with Crippen molar-refractivity contribution in [2.45, 2.75) is 6.42 Å². The van der Waals surface area contributed by atoms with Crippen LogP contribution in [-0.4, -0.2) is 38.8 Å². The highest BCUT2D eigenvalue weighted by Crippen LogP contribution is 2.21. The zero-order chi connectivity index (χ0) is 17.6. The maximum absolute atomic E-state index is 12.2. The van der Waals surface area contributed by atoms with Crippen molar-refractivity contribution in [1.82, 2.24) is 5.32 Å². The van der Waals surface area contributed by atoms with Crippen molar-refractivity contribution in [3.63, 3.8) is 0 Å². The molecule has 0 unspecified atom stereocenters. The van der Waals surface area contributed by atoms with Gasteiger partial charge in [-0.1, -0.05) is 35.3 Å². The maximum atomic E-state index is 12.2. The summed E-state index contributed by atoms with van der Waals surface area (Å²) in [5.41, 5.74) is 2.83. The molecule has 6 heteroatoms. The Labute approximate surface area is 157 Å². The van der Waals surface area contributed by atoms with Crippen LogP contribution < -0.4 is 10.2 Å². The van der Waals surface area contributed by atoms with E-state index in [-0.39, 0.29) is 5.91 Å². The average Bonchev–Trinajstić information content (AvgIpc) is 2.63. The van der Waals surface area contributed by atoms with E-state index in [4.69, 9.17) is 27.9 Å². The highest BCUT2D eigenvalue weighted by molar-refractivity contribution is 6.36. The lowest BCUT2D eigenvalue weighted by molar-refractivity contribution is 0.0954.